The lowest BCUT2D eigenvalue weighted by Gasteiger charge is -2.08. The Bertz CT molecular complexity index is 624. The van der Waals surface area contributed by atoms with Crippen LogP contribution in [0.2, 0.25) is 0 Å². The molecule has 0 spiro atoms. The van der Waals surface area contributed by atoms with Gasteiger partial charge in [0.05, 0.1) is 18.7 Å². The molecule has 6 nitrogen and oxygen atoms in total. The third kappa shape index (κ3) is 3.23. The van der Waals surface area contributed by atoms with Crippen LogP contribution in [0.3, 0.4) is 0 Å². The van der Waals surface area contributed by atoms with Gasteiger partial charge in [0, 0.05) is 0 Å². The fraction of sp³-hybridized carbons (Fsp3) is 0.364. The van der Waals surface area contributed by atoms with Crippen molar-refractivity contribution >= 4 is 17.0 Å². The summed E-state index contributed by atoms with van der Waals surface area (Å²) in [5, 5.41) is 16.5. The fourth-order valence-electron chi connectivity index (χ4n) is 1.70. The Morgan fingerprint density at radius 2 is 2.15 bits per heavy atom. The van der Waals surface area contributed by atoms with Crippen molar-refractivity contribution in [2.45, 2.75) is 12.7 Å². The van der Waals surface area contributed by atoms with Gasteiger partial charge in [-0.1, -0.05) is 11.3 Å². The first-order chi connectivity index (χ1) is 9.38. The number of halogens is 3. The number of benzene rings is 1. The van der Waals surface area contributed by atoms with E-state index in [1.807, 2.05) is 0 Å². The van der Waals surface area contributed by atoms with Crippen molar-refractivity contribution in [3.8, 4) is 0 Å². The molecule has 0 aliphatic carbocycles. The molecule has 0 radical (unpaired) electrons. The summed E-state index contributed by atoms with van der Waals surface area (Å²) in [6.45, 7) is -1.62. The molecular formula is C11H10F3N3O3. The van der Waals surface area contributed by atoms with Gasteiger partial charge in [0.2, 0.25) is 0 Å². The Morgan fingerprint density at radius 3 is 2.80 bits per heavy atom. The molecular weight excluding hydrogens is 279 g/mol. The van der Waals surface area contributed by atoms with Gasteiger partial charge in [-0.25, -0.2) is 9.48 Å². The van der Waals surface area contributed by atoms with Crippen LogP contribution in [0, 0.1) is 0 Å². The van der Waals surface area contributed by atoms with E-state index in [1.165, 1.54) is 16.8 Å². The topological polar surface area (TPSA) is 77.2 Å². The van der Waals surface area contributed by atoms with Crippen molar-refractivity contribution in [1.82, 2.24) is 15.0 Å². The van der Waals surface area contributed by atoms with Gasteiger partial charge in [-0.2, -0.15) is 13.2 Å². The van der Waals surface area contributed by atoms with Crippen LogP contribution in [0.4, 0.5) is 13.2 Å². The molecule has 20 heavy (non-hydrogen) atoms. The van der Waals surface area contributed by atoms with Gasteiger partial charge in [-0.15, -0.1) is 5.10 Å². The van der Waals surface area contributed by atoms with Crippen molar-refractivity contribution in [1.29, 1.82) is 0 Å². The SMILES string of the molecule is O=C(O)c1cccc2nnn(CCOCC(F)(F)F)c12. The molecule has 9 heteroatoms. The third-order valence-corrected chi connectivity index (χ3v) is 2.48. The van der Waals surface area contributed by atoms with E-state index in [9.17, 15) is 18.0 Å². The molecule has 1 aromatic heterocycles. The normalized spacial score (nSPS) is 11.9. The van der Waals surface area contributed by atoms with E-state index >= 15 is 0 Å². The second kappa shape index (κ2) is 5.45. The number of nitrogens with zero attached hydrogens (tertiary/aromatic N) is 3. The van der Waals surface area contributed by atoms with E-state index in [0.717, 1.165) is 0 Å². The number of carboxylic acids is 1. The minimum atomic E-state index is -4.39. The predicted molar refractivity (Wildman–Crippen MR) is 61.4 cm³/mol. The van der Waals surface area contributed by atoms with Crippen molar-refractivity contribution in [3.63, 3.8) is 0 Å². The lowest BCUT2D eigenvalue weighted by molar-refractivity contribution is -0.174. The van der Waals surface area contributed by atoms with Crippen molar-refractivity contribution < 1.29 is 27.8 Å². The van der Waals surface area contributed by atoms with Crippen LogP contribution in [0.15, 0.2) is 18.2 Å². The summed E-state index contributed by atoms with van der Waals surface area (Å²) in [4.78, 5) is 11.1. The zero-order valence-electron chi connectivity index (χ0n) is 10.1. The van der Waals surface area contributed by atoms with Crippen LogP contribution in [0.25, 0.3) is 11.0 Å². The van der Waals surface area contributed by atoms with Gasteiger partial charge in [-0.3, -0.25) is 0 Å². The molecule has 0 unspecified atom stereocenters. The number of para-hydroxylation sites is 1. The molecule has 2 aromatic rings. The van der Waals surface area contributed by atoms with E-state index in [2.05, 4.69) is 15.0 Å². The van der Waals surface area contributed by atoms with Gasteiger partial charge in [0.1, 0.15) is 17.6 Å². The largest absolute Gasteiger partial charge is 0.478 e. The summed E-state index contributed by atoms with van der Waals surface area (Å²) >= 11 is 0. The molecule has 1 N–H and O–H groups in total. The second-order valence-electron chi connectivity index (χ2n) is 3.96. The summed E-state index contributed by atoms with van der Waals surface area (Å²) < 4.78 is 41.4. The number of hydrogen-bond acceptors (Lipinski definition) is 4. The molecule has 0 amide bonds. The van der Waals surface area contributed by atoms with Crippen LogP contribution >= 0.6 is 0 Å². The Labute approximate surface area is 110 Å². The highest BCUT2D eigenvalue weighted by Gasteiger charge is 2.27. The van der Waals surface area contributed by atoms with Gasteiger partial charge in [0.25, 0.3) is 0 Å². The maximum absolute atomic E-state index is 11.9. The smallest absolute Gasteiger partial charge is 0.411 e. The van der Waals surface area contributed by atoms with Crippen LogP contribution in [0.5, 0.6) is 0 Å². The van der Waals surface area contributed by atoms with E-state index in [1.54, 1.807) is 6.07 Å². The first kappa shape index (κ1) is 14.3. The highest BCUT2D eigenvalue weighted by atomic mass is 19.4. The first-order valence-electron chi connectivity index (χ1n) is 5.58. The van der Waals surface area contributed by atoms with Crippen molar-refractivity contribution in [2.24, 2.45) is 0 Å². The molecule has 2 rings (SSSR count). The number of aromatic carboxylic acids is 1. The maximum atomic E-state index is 11.9. The molecule has 0 saturated heterocycles. The van der Waals surface area contributed by atoms with Crippen LogP contribution in [-0.4, -0.2) is 45.5 Å². The second-order valence-corrected chi connectivity index (χ2v) is 3.96. The molecule has 108 valence electrons. The summed E-state index contributed by atoms with van der Waals surface area (Å²) in [5.41, 5.74) is 0.611. The molecule has 0 aliphatic rings. The monoisotopic (exact) mass is 289 g/mol. The zero-order valence-corrected chi connectivity index (χ0v) is 10.1. The van der Waals surface area contributed by atoms with Crippen molar-refractivity contribution in [3.05, 3.63) is 23.8 Å². The van der Waals surface area contributed by atoms with E-state index in [-0.39, 0.29) is 24.2 Å². The average molecular weight is 289 g/mol. The first-order valence-corrected chi connectivity index (χ1v) is 5.58. The number of rotatable bonds is 5. The van der Waals surface area contributed by atoms with E-state index in [0.29, 0.717) is 5.52 Å². The Morgan fingerprint density at radius 1 is 1.40 bits per heavy atom. The van der Waals surface area contributed by atoms with Crippen LogP contribution in [0.1, 0.15) is 10.4 Å². The fourth-order valence-corrected chi connectivity index (χ4v) is 1.70. The number of aromatic nitrogens is 3. The third-order valence-electron chi connectivity index (χ3n) is 2.48. The standard InChI is InChI=1S/C11H10F3N3O3/c12-11(13,14)6-20-5-4-17-9-7(10(18)19)2-1-3-8(9)15-16-17/h1-3H,4-6H2,(H,18,19). The lowest BCUT2D eigenvalue weighted by atomic mass is 10.2. The van der Waals surface area contributed by atoms with E-state index in [4.69, 9.17) is 5.11 Å². The van der Waals surface area contributed by atoms with Gasteiger partial charge < -0.3 is 9.84 Å². The van der Waals surface area contributed by atoms with Crippen molar-refractivity contribution in [2.75, 3.05) is 13.2 Å². The highest BCUT2D eigenvalue weighted by Crippen LogP contribution is 2.17. The van der Waals surface area contributed by atoms with Gasteiger partial charge >= 0.3 is 12.1 Å². The van der Waals surface area contributed by atoms with Crippen LogP contribution in [-0.2, 0) is 11.3 Å². The lowest BCUT2D eigenvalue weighted by Crippen LogP contribution is -2.19. The maximum Gasteiger partial charge on any atom is 0.411 e. The molecule has 0 saturated carbocycles. The minimum Gasteiger partial charge on any atom is -0.478 e. The number of alkyl halides is 3. The van der Waals surface area contributed by atoms with E-state index < -0.39 is 18.8 Å². The summed E-state index contributed by atoms with van der Waals surface area (Å²) in [7, 11) is 0. The highest BCUT2D eigenvalue weighted by molar-refractivity contribution is 6.00. The van der Waals surface area contributed by atoms with Gasteiger partial charge in [0.15, 0.2) is 0 Å². The number of fused-ring (bicyclic) bond motifs is 1. The molecule has 1 heterocycles. The Hall–Kier alpha value is -2.16. The number of ether oxygens (including phenoxy) is 1. The predicted octanol–water partition coefficient (Wildman–Crippen LogP) is 1.71. The summed E-state index contributed by atoms with van der Waals surface area (Å²) in [6.07, 6.45) is -4.39. The Balaban J connectivity index is 2.13. The number of carbonyl (C=O) groups is 1. The van der Waals surface area contributed by atoms with Crippen LogP contribution < -0.4 is 0 Å². The molecule has 0 fully saturated rings. The zero-order chi connectivity index (χ0) is 14.8. The summed E-state index contributed by atoms with van der Waals surface area (Å²) in [5.74, 6) is -1.16. The Kier molecular flexibility index (Phi) is 3.89. The minimum absolute atomic E-state index is 0.0108. The molecule has 0 aliphatic heterocycles. The molecule has 0 atom stereocenters. The quantitative estimate of drug-likeness (QED) is 0.848. The van der Waals surface area contributed by atoms with Gasteiger partial charge in [-0.05, 0) is 12.1 Å². The molecule has 0 bridgehead atoms. The average Bonchev–Trinajstić information content (AvgIpc) is 2.76. The number of hydrogen-bond donors (Lipinski definition) is 1. The molecule has 1 aromatic carbocycles. The number of carboxylic acid groups (broad SMARTS) is 1. The summed E-state index contributed by atoms with van der Waals surface area (Å²) in [6, 6.07) is 4.47.